The van der Waals surface area contributed by atoms with Gasteiger partial charge >= 0.3 is 5.97 Å². The van der Waals surface area contributed by atoms with E-state index in [-0.39, 0.29) is 6.42 Å². The van der Waals surface area contributed by atoms with E-state index in [1.165, 1.54) is 25.7 Å². The van der Waals surface area contributed by atoms with Crippen LogP contribution in [0.4, 0.5) is 0 Å². The van der Waals surface area contributed by atoms with Gasteiger partial charge in [0.05, 0.1) is 0 Å². The minimum Gasteiger partial charge on any atom is -0.481 e. The predicted molar refractivity (Wildman–Crippen MR) is 63.9 cm³/mol. The summed E-state index contributed by atoms with van der Waals surface area (Å²) in [6.45, 7) is 4.42. The molecule has 15 heavy (non-hydrogen) atoms. The summed E-state index contributed by atoms with van der Waals surface area (Å²) in [7, 11) is 0. The Hall–Kier alpha value is -0.790. The molecule has 0 saturated carbocycles. The summed E-state index contributed by atoms with van der Waals surface area (Å²) in [5.74, 6) is -0.00352. The maximum atomic E-state index is 10.3. The number of rotatable bonds is 9. The van der Waals surface area contributed by atoms with Gasteiger partial charge in [0.2, 0.25) is 0 Å². The smallest absolute Gasteiger partial charge is 0.303 e. The van der Waals surface area contributed by atoms with E-state index < -0.39 is 5.97 Å². The molecule has 0 heterocycles. The van der Waals surface area contributed by atoms with Crippen LogP contribution in [-0.2, 0) is 4.79 Å². The van der Waals surface area contributed by atoms with Gasteiger partial charge in [-0.15, -0.1) is 0 Å². The molecule has 1 unspecified atom stereocenters. The first-order valence-electron chi connectivity index (χ1n) is 6.09. The van der Waals surface area contributed by atoms with Crippen molar-refractivity contribution in [1.82, 2.24) is 0 Å². The molecule has 2 heteroatoms. The van der Waals surface area contributed by atoms with Crippen LogP contribution in [0, 0.1) is 5.92 Å². The summed E-state index contributed by atoms with van der Waals surface area (Å²) in [5.41, 5.74) is 0. The number of carbonyl (C=O) groups is 1. The normalized spacial score (nSPS) is 13.2. The Morgan fingerprint density at radius 1 is 1.33 bits per heavy atom. The number of unbranched alkanes of at least 4 members (excludes halogenated alkanes) is 2. The highest BCUT2D eigenvalue weighted by Crippen LogP contribution is 2.14. The molecule has 0 saturated heterocycles. The van der Waals surface area contributed by atoms with E-state index in [9.17, 15) is 4.79 Å². The molecule has 1 atom stereocenters. The van der Waals surface area contributed by atoms with Gasteiger partial charge in [0.15, 0.2) is 0 Å². The molecule has 0 aromatic carbocycles. The van der Waals surface area contributed by atoms with Crippen molar-refractivity contribution in [2.24, 2.45) is 5.92 Å². The van der Waals surface area contributed by atoms with Gasteiger partial charge in [0, 0.05) is 6.42 Å². The molecule has 0 aromatic heterocycles. The third-order valence-electron chi connectivity index (χ3n) is 2.62. The lowest BCUT2D eigenvalue weighted by molar-refractivity contribution is -0.137. The van der Waals surface area contributed by atoms with E-state index in [2.05, 4.69) is 26.0 Å². The molecular formula is C13H24O2. The van der Waals surface area contributed by atoms with Gasteiger partial charge in [-0.3, -0.25) is 4.79 Å². The second kappa shape index (κ2) is 9.75. The van der Waals surface area contributed by atoms with Gasteiger partial charge in [-0.2, -0.15) is 0 Å². The number of hydrogen-bond donors (Lipinski definition) is 1. The Morgan fingerprint density at radius 2 is 2.07 bits per heavy atom. The average Bonchev–Trinajstić information content (AvgIpc) is 2.21. The Labute approximate surface area is 93.4 Å². The first-order valence-corrected chi connectivity index (χ1v) is 6.09. The molecule has 0 radical (unpaired) electrons. The Kier molecular flexibility index (Phi) is 9.24. The standard InChI is InChI=1S/C13H24O2/c1-3-5-9-12(4-2)10-7-6-8-11-13(14)15/h7,10,12H,3-6,8-9,11H2,1-2H3,(H,14,15). The fraction of sp³-hybridized carbons (Fsp3) is 0.769. The van der Waals surface area contributed by atoms with Crippen molar-refractivity contribution in [2.75, 3.05) is 0 Å². The summed E-state index contributed by atoms with van der Waals surface area (Å²) < 4.78 is 0. The molecule has 0 rings (SSSR count). The van der Waals surface area contributed by atoms with Gasteiger partial charge < -0.3 is 5.11 Å². The van der Waals surface area contributed by atoms with Gasteiger partial charge in [0.1, 0.15) is 0 Å². The van der Waals surface area contributed by atoms with E-state index in [1.807, 2.05) is 0 Å². The van der Waals surface area contributed by atoms with Crippen LogP contribution in [0.1, 0.15) is 58.8 Å². The first kappa shape index (κ1) is 14.2. The average molecular weight is 212 g/mol. The number of allylic oxidation sites excluding steroid dienone is 2. The van der Waals surface area contributed by atoms with E-state index in [4.69, 9.17) is 5.11 Å². The second-order valence-corrected chi connectivity index (χ2v) is 4.02. The lowest BCUT2D eigenvalue weighted by atomic mass is 9.98. The van der Waals surface area contributed by atoms with Crippen LogP contribution < -0.4 is 0 Å². The van der Waals surface area contributed by atoms with Crippen LogP contribution in [0.2, 0.25) is 0 Å². The van der Waals surface area contributed by atoms with Gasteiger partial charge in [-0.1, -0.05) is 38.8 Å². The van der Waals surface area contributed by atoms with E-state index in [1.54, 1.807) is 0 Å². The number of carboxylic acids is 1. The lowest BCUT2D eigenvalue weighted by Gasteiger charge is -2.08. The molecule has 0 fully saturated rings. The van der Waals surface area contributed by atoms with E-state index in [0.717, 1.165) is 12.8 Å². The van der Waals surface area contributed by atoms with Crippen molar-refractivity contribution in [3.8, 4) is 0 Å². The number of carboxylic acid groups (broad SMARTS) is 1. The van der Waals surface area contributed by atoms with Crippen molar-refractivity contribution in [3.05, 3.63) is 12.2 Å². The maximum absolute atomic E-state index is 10.3. The van der Waals surface area contributed by atoms with Crippen molar-refractivity contribution < 1.29 is 9.90 Å². The van der Waals surface area contributed by atoms with Crippen LogP contribution in [0.15, 0.2) is 12.2 Å². The van der Waals surface area contributed by atoms with E-state index in [0.29, 0.717) is 5.92 Å². The summed E-state index contributed by atoms with van der Waals surface area (Å²) in [6, 6.07) is 0. The van der Waals surface area contributed by atoms with Crippen LogP contribution in [-0.4, -0.2) is 11.1 Å². The number of aliphatic carboxylic acids is 1. The molecule has 1 N–H and O–H groups in total. The quantitative estimate of drug-likeness (QED) is 0.463. The maximum Gasteiger partial charge on any atom is 0.303 e. The molecule has 88 valence electrons. The third-order valence-corrected chi connectivity index (χ3v) is 2.62. The van der Waals surface area contributed by atoms with Crippen molar-refractivity contribution in [3.63, 3.8) is 0 Å². The Morgan fingerprint density at radius 3 is 2.60 bits per heavy atom. The van der Waals surface area contributed by atoms with Gasteiger partial charge in [0.25, 0.3) is 0 Å². The Balaban J connectivity index is 3.57. The summed E-state index contributed by atoms with van der Waals surface area (Å²) >= 11 is 0. The summed E-state index contributed by atoms with van der Waals surface area (Å²) in [4.78, 5) is 10.3. The largest absolute Gasteiger partial charge is 0.481 e. The highest BCUT2D eigenvalue weighted by Gasteiger charge is 2.00. The molecule has 0 aliphatic carbocycles. The molecule has 0 amide bonds. The zero-order chi connectivity index (χ0) is 11.5. The van der Waals surface area contributed by atoms with Crippen LogP contribution in [0.3, 0.4) is 0 Å². The zero-order valence-electron chi connectivity index (χ0n) is 10.0. The summed E-state index contributed by atoms with van der Waals surface area (Å²) in [6.07, 6.45) is 11.4. The monoisotopic (exact) mass is 212 g/mol. The molecule has 0 aliphatic rings. The highest BCUT2D eigenvalue weighted by atomic mass is 16.4. The van der Waals surface area contributed by atoms with E-state index >= 15 is 0 Å². The fourth-order valence-electron chi connectivity index (χ4n) is 1.56. The predicted octanol–water partition coefficient (Wildman–Crippen LogP) is 4.01. The molecular weight excluding hydrogens is 188 g/mol. The van der Waals surface area contributed by atoms with Crippen molar-refractivity contribution in [2.45, 2.75) is 58.8 Å². The SMILES string of the molecule is CCCCC(C=CCCCC(=O)O)CC. The fourth-order valence-corrected chi connectivity index (χ4v) is 1.56. The molecule has 0 aliphatic heterocycles. The van der Waals surface area contributed by atoms with Crippen LogP contribution in [0.5, 0.6) is 0 Å². The molecule has 0 spiro atoms. The zero-order valence-corrected chi connectivity index (χ0v) is 10.0. The first-order chi connectivity index (χ1) is 7.20. The van der Waals surface area contributed by atoms with Crippen molar-refractivity contribution in [1.29, 1.82) is 0 Å². The second-order valence-electron chi connectivity index (χ2n) is 4.02. The third kappa shape index (κ3) is 9.51. The molecule has 0 aromatic rings. The molecule has 2 nitrogen and oxygen atoms in total. The Bertz CT molecular complexity index is 185. The lowest BCUT2D eigenvalue weighted by Crippen LogP contribution is -1.95. The number of hydrogen-bond acceptors (Lipinski definition) is 1. The summed E-state index contributed by atoms with van der Waals surface area (Å²) in [5, 5.41) is 8.46. The topological polar surface area (TPSA) is 37.3 Å². The molecule has 0 bridgehead atoms. The van der Waals surface area contributed by atoms with Crippen LogP contribution >= 0.6 is 0 Å². The van der Waals surface area contributed by atoms with Gasteiger partial charge in [-0.05, 0) is 31.6 Å². The highest BCUT2D eigenvalue weighted by molar-refractivity contribution is 5.66. The van der Waals surface area contributed by atoms with Gasteiger partial charge in [-0.25, -0.2) is 0 Å². The minimum absolute atomic E-state index is 0.288. The minimum atomic E-state index is -0.693. The van der Waals surface area contributed by atoms with Crippen molar-refractivity contribution >= 4 is 5.97 Å². The van der Waals surface area contributed by atoms with Crippen LogP contribution in [0.25, 0.3) is 0 Å².